The van der Waals surface area contributed by atoms with Crippen LogP contribution in [0.1, 0.15) is 30.4 Å². The Kier molecular flexibility index (Phi) is 6.16. The van der Waals surface area contributed by atoms with Crippen molar-refractivity contribution in [3.05, 3.63) is 23.7 Å². The lowest BCUT2D eigenvalue weighted by Crippen LogP contribution is -2.55. The topological polar surface area (TPSA) is 84.2 Å². The van der Waals surface area contributed by atoms with Gasteiger partial charge in [-0.1, -0.05) is 0 Å². The van der Waals surface area contributed by atoms with Gasteiger partial charge in [-0.25, -0.2) is 4.79 Å². The number of nitrogens with zero attached hydrogens (tertiary/aromatic N) is 2. The molecule has 1 N–H and O–H groups in total. The fourth-order valence-corrected chi connectivity index (χ4v) is 3.35. The van der Waals surface area contributed by atoms with Gasteiger partial charge in [0.25, 0.3) is 5.91 Å². The highest BCUT2D eigenvalue weighted by Gasteiger charge is 2.32. The molecule has 0 aromatic carbocycles. The Morgan fingerprint density at radius 3 is 2.58 bits per heavy atom. The largest absolute Gasteiger partial charge is 0.464 e. The molecule has 2 aliphatic heterocycles. The van der Waals surface area contributed by atoms with Gasteiger partial charge in [-0.15, -0.1) is 0 Å². The average molecular weight is 365 g/mol. The zero-order valence-corrected chi connectivity index (χ0v) is 15.4. The van der Waals surface area contributed by atoms with Gasteiger partial charge < -0.3 is 29.0 Å². The van der Waals surface area contributed by atoms with Crippen LogP contribution in [-0.4, -0.2) is 74.3 Å². The standard InChI is InChI=1S/C18H27N3O5/c1-13-5-6-15(26-13)14(12-24-2)19-18(23)21-9-7-20(8-10-21)17(22)16-4-3-11-25-16/h5-6,14,16H,3-4,7-12H2,1-2H3,(H,19,23). The maximum atomic E-state index is 12.6. The molecule has 3 amide bonds. The molecule has 0 bridgehead atoms. The minimum Gasteiger partial charge on any atom is -0.464 e. The second kappa shape index (κ2) is 8.55. The summed E-state index contributed by atoms with van der Waals surface area (Å²) in [6, 6.07) is 3.19. The van der Waals surface area contributed by atoms with E-state index in [1.165, 1.54) is 0 Å². The molecule has 2 saturated heterocycles. The van der Waals surface area contributed by atoms with E-state index >= 15 is 0 Å². The molecular formula is C18H27N3O5. The number of furan rings is 1. The number of methoxy groups -OCH3 is 1. The van der Waals surface area contributed by atoms with Gasteiger partial charge in [-0.2, -0.15) is 0 Å². The summed E-state index contributed by atoms with van der Waals surface area (Å²) in [6.07, 6.45) is 1.43. The van der Waals surface area contributed by atoms with Crippen molar-refractivity contribution in [1.29, 1.82) is 0 Å². The number of nitrogens with one attached hydrogen (secondary N) is 1. The van der Waals surface area contributed by atoms with Crippen LogP contribution in [0.5, 0.6) is 0 Å². The van der Waals surface area contributed by atoms with Gasteiger partial charge in [0.05, 0.1) is 6.61 Å². The van der Waals surface area contributed by atoms with E-state index in [9.17, 15) is 9.59 Å². The van der Waals surface area contributed by atoms with Gasteiger partial charge in [0.15, 0.2) is 0 Å². The van der Waals surface area contributed by atoms with Crippen molar-refractivity contribution in [1.82, 2.24) is 15.1 Å². The average Bonchev–Trinajstić information content (AvgIpc) is 3.32. The number of aryl methyl sites for hydroxylation is 1. The number of piperazine rings is 1. The smallest absolute Gasteiger partial charge is 0.318 e. The third-order valence-corrected chi connectivity index (χ3v) is 4.82. The number of carbonyl (C=O) groups excluding carboxylic acids is 2. The van der Waals surface area contributed by atoms with Gasteiger partial charge in [0.2, 0.25) is 0 Å². The molecule has 0 spiro atoms. The van der Waals surface area contributed by atoms with Crippen LogP contribution in [0.3, 0.4) is 0 Å². The van der Waals surface area contributed by atoms with Gasteiger partial charge >= 0.3 is 6.03 Å². The first-order valence-corrected chi connectivity index (χ1v) is 9.09. The highest BCUT2D eigenvalue weighted by molar-refractivity contribution is 5.81. The van der Waals surface area contributed by atoms with Crippen molar-refractivity contribution < 1.29 is 23.5 Å². The van der Waals surface area contributed by atoms with Crippen molar-refractivity contribution in [2.45, 2.75) is 31.9 Å². The van der Waals surface area contributed by atoms with E-state index in [4.69, 9.17) is 13.9 Å². The molecule has 3 heterocycles. The Balaban J connectivity index is 1.51. The Morgan fingerprint density at radius 1 is 1.27 bits per heavy atom. The van der Waals surface area contributed by atoms with Crippen LogP contribution >= 0.6 is 0 Å². The van der Waals surface area contributed by atoms with E-state index < -0.39 is 0 Å². The quantitative estimate of drug-likeness (QED) is 0.850. The molecule has 3 rings (SSSR count). The number of hydrogen-bond donors (Lipinski definition) is 1. The lowest BCUT2D eigenvalue weighted by atomic mass is 10.2. The van der Waals surface area contributed by atoms with Crippen LogP contribution in [0.15, 0.2) is 16.5 Å². The molecule has 0 saturated carbocycles. The van der Waals surface area contributed by atoms with Crippen LogP contribution < -0.4 is 5.32 Å². The van der Waals surface area contributed by atoms with Crippen molar-refractivity contribution in [2.75, 3.05) is 46.5 Å². The van der Waals surface area contributed by atoms with Crippen LogP contribution in [0.4, 0.5) is 4.79 Å². The molecule has 0 aliphatic carbocycles. The highest BCUT2D eigenvalue weighted by atomic mass is 16.5. The van der Waals surface area contributed by atoms with E-state index in [2.05, 4.69) is 5.32 Å². The fraction of sp³-hybridized carbons (Fsp3) is 0.667. The summed E-state index contributed by atoms with van der Waals surface area (Å²) < 4.78 is 16.3. The molecule has 2 aliphatic rings. The molecule has 0 radical (unpaired) electrons. The van der Waals surface area contributed by atoms with Crippen molar-refractivity contribution in [3.8, 4) is 0 Å². The second-order valence-corrected chi connectivity index (χ2v) is 6.72. The molecular weight excluding hydrogens is 338 g/mol. The number of hydrogen-bond acceptors (Lipinski definition) is 5. The number of rotatable bonds is 5. The van der Waals surface area contributed by atoms with E-state index in [0.29, 0.717) is 45.2 Å². The van der Waals surface area contributed by atoms with Crippen LogP contribution in [-0.2, 0) is 14.3 Å². The first-order valence-electron chi connectivity index (χ1n) is 9.09. The summed E-state index contributed by atoms with van der Waals surface area (Å²) in [4.78, 5) is 28.5. The van der Waals surface area contributed by atoms with Crippen molar-refractivity contribution in [3.63, 3.8) is 0 Å². The normalized spacial score (nSPS) is 21.7. The minimum absolute atomic E-state index is 0.0471. The third-order valence-electron chi connectivity index (χ3n) is 4.82. The zero-order valence-electron chi connectivity index (χ0n) is 15.4. The van der Waals surface area contributed by atoms with Gasteiger partial charge in [-0.05, 0) is 31.9 Å². The third kappa shape index (κ3) is 4.37. The molecule has 26 heavy (non-hydrogen) atoms. The minimum atomic E-state index is -0.340. The van der Waals surface area contributed by atoms with Crippen LogP contribution in [0.25, 0.3) is 0 Å². The predicted octanol–water partition coefficient (Wildman–Crippen LogP) is 1.31. The Labute approximate surface area is 153 Å². The molecule has 8 nitrogen and oxygen atoms in total. The SMILES string of the molecule is COCC(NC(=O)N1CCN(C(=O)C2CCCO2)CC1)c1ccc(C)o1. The van der Waals surface area contributed by atoms with Gasteiger partial charge in [0.1, 0.15) is 23.7 Å². The van der Waals surface area contributed by atoms with E-state index in [1.54, 1.807) is 16.9 Å². The molecule has 1 aromatic rings. The predicted molar refractivity (Wildman–Crippen MR) is 93.7 cm³/mol. The Bertz CT molecular complexity index is 618. The Morgan fingerprint density at radius 2 is 2.00 bits per heavy atom. The molecule has 2 fully saturated rings. The van der Waals surface area contributed by atoms with E-state index in [-0.39, 0.29) is 24.1 Å². The number of amides is 3. The van der Waals surface area contributed by atoms with Crippen molar-refractivity contribution >= 4 is 11.9 Å². The summed E-state index contributed by atoms with van der Waals surface area (Å²) in [5.74, 6) is 1.51. The lowest BCUT2D eigenvalue weighted by molar-refractivity contribution is -0.142. The van der Waals surface area contributed by atoms with Crippen LogP contribution in [0.2, 0.25) is 0 Å². The number of carbonyl (C=O) groups is 2. The van der Waals surface area contributed by atoms with Gasteiger partial charge in [0, 0.05) is 39.9 Å². The summed E-state index contributed by atoms with van der Waals surface area (Å²) >= 11 is 0. The van der Waals surface area contributed by atoms with Crippen molar-refractivity contribution in [2.24, 2.45) is 0 Å². The first kappa shape index (κ1) is 18.7. The van der Waals surface area contributed by atoms with E-state index in [1.807, 2.05) is 19.1 Å². The van der Waals surface area contributed by atoms with Crippen LogP contribution in [0, 0.1) is 6.92 Å². The highest BCUT2D eigenvalue weighted by Crippen LogP contribution is 2.18. The lowest BCUT2D eigenvalue weighted by Gasteiger charge is -2.36. The summed E-state index contributed by atoms with van der Waals surface area (Å²) in [5, 5.41) is 2.96. The second-order valence-electron chi connectivity index (χ2n) is 6.72. The number of urea groups is 1. The molecule has 1 aromatic heterocycles. The monoisotopic (exact) mass is 365 g/mol. The summed E-state index contributed by atoms with van der Waals surface area (Å²) in [5.41, 5.74) is 0. The fourth-order valence-electron chi connectivity index (χ4n) is 3.35. The zero-order chi connectivity index (χ0) is 18.5. The molecule has 2 unspecified atom stereocenters. The van der Waals surface area contributed by atoms with E-state index in [0.717, 1.165) is 18.6 Å². The maximum absolute atomic E-state index is 12.6. The molecule has 2 atom stereocenters. The van der Waals surface area contributed by atoms with Gasteiger partial charge in [-0.3, -0.25) is 4.79 Å². The maximum Gasteiger partial charge on any atom is 0.318 e. The molecule has 8 heteroatoms. The first-order chi connectivity index (χ1) is 12.6. The summed E-state index contributed by atoms with van der Waals surface area (Å²) in [6.45, 7) is 4.91. The Hall–Kier alpha value is -2.06. The molecule has 144 valence electrons. The summed E-state index contributed by atoms with van der Waals surface area (Å²) in [7, 11) is 1.59. The number of ether oxygens (including phenoxy) is 2.